The molecule has 2 unspecified atom stereocenters. The average molecular weight is 952 g/mol. The maximum atomic E-state index is 6.72. The molecule has 400 valence electrons. The van der Waals surface area contributed by atoms with Crippen LogP contribution in [0.4, 0.5) is 0 Å². The second kappa shape index (κ2) is 53.9. The first-order valence-electron chi connectivity index (χ1n) is 29.9. The maximum absolute atomic E-state index is 6.72. The van der Waals surface area contributed by atoms with Crippen LogP contribution in [0.5, 0.6) is 0 Å². The van der Waals surface area contributed by atoms with Crippen LogP contribution in [0.2, 0.25) is 0 Å². The predicted octanol–water partition coefficient (Wildman–Crippen LogP) is 19.9. The van der Waals surface area contributed by atoms with Crippen molar-refractivity contribution in [3.63, 3.8) is 0 Å². The summed E-state index contributed by atoms with van der Waals surface area (Å²) in [7, 11) is 0. The lowest BCUT2D eigenvalue weighted by Gasteiger charge is -2.26. The van der Waals surface area contributed by atoms with Crippen LogP contribution in [0.3, 0.4) is 0 Å². The molecule has 7 heteroatoms. The molecule has 0 heterocycles. The summed E-state index contributed by atoms with van der Waals surface area (Å²) in [5.41, 5.74) is 0. The van der Waals surface area contributed by atoms with E-state index in [1.165, 1.54) is 180 Å². The van der Waals surface area contributed by atoms with E-state index in [1.807, 2.05) is 0 Å². The molecule has 0 saturated heterocycles. The van der Waals surface area contributed by atoms with Gasteiger partial charge in [-0.05, 0) is 51.4 Å². The highest BCUT2D eigenvalue weighted by atomic mass is 16.7. The van der Waals surface area contributed by atoms with Gasteiger partial charge in [-0.3, -0.25) is 0 Å². The SMILES string of the molecule is CCCCCCCCCCOC(CCC)=C(OCCCCCCCCCC)C(CCC)OCOCOC(CCC)C(OCCCCCCCCCC)=C(CCC)OCCCCCCCCCC. The quantitative estimate of drug-likeness (QED) is 0.0342. The van der Waals surface area contributed by atoms with Gasteiger partial charge in [-0.2, -0.15) is 0 Å². The van der Waals surface area contributed by atoms with Gasteiger partial charge < -0.3 is 33.2 Å². The monoisotopic (exact) mass is 951 g/mol. The maximum Gasteiger partial charge on any atom is 0.162 e. The standard InChI is InChI=1S/C60H118O7/c1-9-17-21-25-29-33-37-41-49-62-55(45-13-5)59(64-51-43-39-35-31-27-23-19-11-3)57(47-15-7)66-53-61-54-67-58(48-16-8)60(65-52-44-40-36-32-28-24-20-12-4)56(46-14-6)63-50-42-38-34-30-26-22-18-10-2/h57-58H,9-54H2,1-8H3. The lowest BCUT2D eigenvalue weighted by molar-refractivity contribution is -0.167. The van der Waals surface area contributed by atoms with E-state index in [2.05, 4.69) is 55.4 Å². The lowest BCUT2D eigenvalue weighted by Crippen LogP contribution is -2.25. The predicted molar refractivity (Wildman–Crippen MR) is 288 cm³/mol. The fourth-order valence-electron chi connectivity index (χ4n) is 8.79. The number of rotatable bonds is 56. The van der Waals surface area contributed by atoms with Crippen molar-refractivity contribution in [1.29, 1.82) is 0 Å². The third-order valence-corrected chi connectivity index (χ3v) is 13.0. The van der Waals surface area contributed by atoms with Gasteiger partial charge in [-0.15, -0.1) is 0 Å². The van der Waals surface area contributed by atoms with Gasteiger partial charge in [0.2, 0.25) is 0 Å². The van der Waals surface area contributed by atoms with Crippen LogP contribution < -0.4 is 0 Å². The molecule has 0 aliphatic carbocycles. The number of allylic oxidation sites excluding steroid dienone is 2. The van der Waals surface area contributed by atoms with Crippen LogP contribution >= 0.6 is 0 Å². The molecule has 0 aliphatic heterocycles. The normalized spacial score (nSPS) is 13.4. The van der Waals surface area contributed by atoms with Crippen LogP contribution in [-0.4, -0.2) is 52.2 Å². The number of ether oxygens (including phenoxy) is 7. The first-order chi connectivity index (χ1) is 33.1. The van der Waals surface area contributed by atoms with Crippen LogP contribution in [0.25, 0.3) is 0 Å². The van der Waals surface area contributed by atoms with Gasteiger partial charge in [0.05, 0.1) is 26.4 Å². The van der Waals surface area contributed by atoms with Crippen molar-refractivity contribution in [3.8, 4) is 0 Å². The van der Waals surface area contributed by atoms with Crippen molar-refractivity contribution in [2.24, 2.45) is 0 Å². The Morgan fingerprint density at radius 3 is 0.776 bits per heavy atom. The molecule has 0 bridgehead atoms. The highest BCUT2D eigenvalue weighted by Crippen LogP contribution is 2.27. The number of hydrogen-bond donors (Lipinski definition) is 0. The van der Waals surface area contributed by atoms with E-state index in [9.17, 15) is 0 Å². The Bertz CT molecular complexity index is 963. The van der Waals surface area contributed by atoms with E-state index < -0.39 is 0 Å². The third kappa shape index (κ3) is 40.9. The van der Waals surface area contributed by atoms with Gasteiger partial charge in [0, 0.05) is 12.8 Å². The number of unbranched alkanes of at least 4 members (excludes halogenated alkanes) is 28. The molecule has 0 rings (SSSR count). The van der Waals surface area contributed by atoms with Crippen molar-refractivity contribution in [2.45, 2.75) is 324 Å². The first kappa shape index (κ1) is 65.6. The van der Waals surface area contributed by atoms with Gasteiger partial charge in [0.1, 0.15) is 23.7 Å². The van der Waals surface area contributed by atoms with Crippen LogP contribution in [0, 0.1) is 0 Å². The minimum atomic E-state index is -0.225. The summed E-state index contributed by atoms with van der Waals surface area (Å²) in [6.45, 7) is 21.2. The Hall–Kier alpha value is -1.44. The summed E-state index contributed by atoms with van der Waals surface area (Å²) in [6, 6.07) is 0. The van der Waals surface area contributed by atoms with E-state index in [0.29, 0.717) is 13.2 Å². The largest absolute Gasteiger partial charge is 0.494 e. The Labute approximate surface area is 419 Å². The molecule has 0 aromatic carbocycles. The molecule has 67 heavy (non-hydrogen) atoms. The zero-order chi connectivity index (χ0) is 48.9. The summed E-state index contributed by atoms with van der Waals surface area (Å²) in [5, 5.41) is 0. The zero-order valence-electron chi connectivity index (χ0n) is 46.5. The highest BCUT2D eigenvalue weighted by Gasteiger charge is 2.24. The Morgan fingerprint density at radius 2 is 0.522 bits per heavy atom. The van der Waals surface area contributed by atoms with Gasteiger partial charge >= 0.3 is 0 Å². The summed E-state index contributed by atoms with van der Waals surface area (Å²) >= 11 is 0. The Morgan fingerprint density at radius 1 is 0.269 bits per heavy atom. The molecule has 0 saturated carbocycles. The van der Waals surface area contributed by atoms with Crippen LogP contribution in [0.1, 0.15) is 312 Å². The lowest BCUT2D eigenvalue weighted by atomic mass is 10.1. The van der Waals surface area contributed by atoms with Crippen LogP contribution in [0.15, 0.2) is 23.0 Å². The smallest absolute Gasteiger partial charge is 0.162 e. The molecule has 0 amide bonds. The first-order valence-corrected chi connectivity index (χ1v) is 29.9. The number of hydrogen-bond acceptors (Lipinski definition) is 7. The molecule has 0 N–H and O–H groups in total. The van der Waals surface area contributed by atoms with Crippen molar-refractivity contribution in [1.82, 2.24) is 0 Å². The molecule has 0 radical (unpaired) electrons. The second-order valence-corrected chi connectivity index (χ2v) is 19.7. The summed E-state index contributed by atoms with van der Waals surface area (Å²) in [4.78, 5) is 0. The van der Waals surface area contributed by atoms with E-state index in [-0.39, 0.29) is 25.8 Å². The highest BCUT2D eigenvalue weighted by molar-refractivity contribution is 5.09. The van der Waals surface area contributed by atoms with Crippen molar-refractivity contribution < 1.29 is 33.2 Å². The fraction of sp³-hybridized carbons (Fsp3) is 0.933. The summed E-state index contributed by atoms with van der Waals surface area (Å²) < 4.78 is 46.1. The topological polar surface area (TPSA) is 64.6 Å². The molecule has 0 aliphatic rings. The molecule has 2 atom stereocenters. The molecule has 0 spiro atoms. The van der Waals surface area contributed by atoms with Gasteiger partial charge in [-0.25, -0.2) is 0 Å². The van der Waals surface area contributed by atoms with Gasteiger partial charge in [-0.1, -0.05) is 248 Å². The van der Waals surface area contributed by atoms with E-state index >= 15 is 0 Å². The molecular weight excluding hydrogens is 833 g/mol. The van der Waals surface area contributed by atoms with E-state index in [4.69, 9.17) is 33.2 Å². The Balaban J connectivity index is 5.89. The molecule has 7 nitrogen and oxygen atoms in total. The van der Waals surface area contributed by atoms with Crippen LogP contribution in [-0.2, 0) is 33.2 Å². The molecule has 0 aromatic rings. The van der Waals surface area contributed by atoms with E-state index in [0.717, 1.165) is 113 Å². The zero-order valence-corrected chi connectivity index (χ0v) is 46.5. The third-order valence-electron chi connectivity index (χ3n) is 13.0. The van der Waals surface area contributed by atoms with Gasteiger partial charge in [0.15, 0.2) is 25.1 Å². The summed E-state index contributed by atoms with van der Waals surface area (Å²) in [6.07, 6.45) is 47.9. The molecule has 0 aromatic heterocycles. The molecule has 0 fully saturated rings. The fourth-order valence-corrected chi connectivity index (χ4v) is 8.79. The van der Waals surface area contributed by atoms with Crippen molar-refractivity contribution >= 4 is 0 Å². The minimum Gasteiger partial charge on any atom is -0.494 e. The van der Waals surface area contributed by atoms with E-state index in [1.54, 1.807) is 0 Å². The minimum absolute atomic E-state index is 0.125. The van der Waals surface area contributed by atoms with Crippen molar-refractivity contribution in [3.05, 3.63) is 23.0 Å². The molecular formula is C60H118O7. The van der Waals surface area contributed by atoms with Crippen molar-refractivity contribution in [2.75, 3.05) is 40.0 Å². The average Bonchev–Trinajstić information content (AvgIpc) is 3.33. The summed E-state index contributed by atoms with van der Waals surface area (Å²) in [5.74, 6) is 3.72. The van der Waals surface area contributed by atoms with Gasteiger partial charge in [0.25, 0.3) is 0 Å². The Kier molecular flexibility index (Phi) is 52.7. The second-order valence-electron chi connectivity index (χ2n) is 19.7.